The van der Waals surface area contributed by atoms with Crippen LogP contribution in [0.15, 0.2) is 41.3 Å². The van der Waals surface area contributed by atoms with Crippen molar-refractivity contribution < 1.29 is 17.6 Å². The molecule has 0 radical (unpaired) electrons. The molecule has 0 amide bonds. The highest BCUT2D eigenvalue weighted by Gasteiger charge is 2.53. The Morgan fingerprint density at radius 2 is 1.90 bits per heavy atom. The molecule has 1 saturated carbocycles. The van der Waals surface area contributed by atoms with Crippen LogP contribution in [0.5, 0.6) is 0 Å². The van der Waals surface area contributed by atoms with E-state index in [0.29, 0.717) is 28.1 Å². The Labute approximate surface area is 176 Å². The average molecular weight is 434 g/mol. The van der Waals surface area contributed by atoms with Gasteiger partial charge in [-0.05, 0) is 38.3 Å². The first kappa shape index (κ1) is 21.3. The number of rotatable bonds is 6. The predicted octanol–water partition coefficient (Wildman–Crippen LogP) is 5.14. The van der Waals surface area contributed by atoms with Crippen LogP contribution in [0.25, 0.3) is 10.9 Å². The van der Waals surface area contributed by atoms with Gasteiger partial charge >= 0.3 is 0 Å². The van der Waals surface area contributed by atoms with Gasteiger partial charge < -0.3 is 9.88 Å². The molecule has 9 heteroatoms. The molecule has 5 nitrogen and oxygen atoms in total. The van der Waals surface area contributed by atoms with E-state index in [-0.39, 0.29) is 18.4 Å². The third-order valence-corrected chi connectivity index (χ3v) is 5.74. The number of nitrogens with zero attached hydrogens (tertiary/aromatic N) is 3. The SMILES string of the molecule is Cc1nc(N[C@H](C)c2cccc(C(C)(F)F)c2)c2cn(C3(C(F)F)CC3)c(=O)cc2n1. The second-order valence-corrected chi connectivity index (χ2v) is 8.18. The van der Waals surface area contributed by atoms with Gasteiger partial charge in [0.1, 0.15) is 17.2 Å². The van der Waals surface area contributed by atoms with Crippen molar-refractivity contribution >= 4 is 16.7 Å². The number of pyridine rings is 1. The monoisotopic (exact) mass is 434 g/mol. The molecule has 31 heavy (non-hydrogen) atoms. The molecule has 1 aliphatic carbocycles. The Kier molecular flexibility index (Phi) is 5.02. The molecule has 2 aromatic heterocycles. The third kappa shape index (κ3) is 3.88. The van der Waals surface area contributed by atoms with Crippen molar-refractivity contribution in [2.24, 2.45) is 0 Å². The van der Waals surface area contributed by atoms with Crippen molar-refractivity contribution in [3.05, 3.63) is 63.8 Å². The molecule has 3 aromatic rings. The molecule has 1 aliphatic rings. The number of anilines is 1. The van der Waals surface area contributed by atoms with E-state index in [1.54, 1.807) is 26.0 Å². The Morgan fingerprint density at radius 1 is 1.19 bits per heavy atom. The highest BCUT2D eigenvalue weighted by Crippen LogP contribution is 2.48. The van der Waals surface area contributed by atoms with Gasteiger partial charge in [-0.1, -0.05) is 18.2 Å². The van der Waals surface area contributed by atoms with Gasteiger partial charge in [0.05, 0.1) is 10.9 Å². The van der Waals surface area contributed by atoms with Crippen molar-refractivity contribution in [1.82, 2.24) is 14.5 Å². The summed E-state index contributed by atoms with van der Waals surface area (Å²) < 4.78 is 55.7. The van der Waals surface area contributed by atoms with Crippen molar-refractivity contribution in [2.45, 2.75) is 57.5 Å². The van der Waals surface area contributed by atoms with Crippen molar-refractivity contribution in [2.75, 3.05) is 5.32 Å². The standard InChI is InChI=1S/C22H22F4N4O/c1-12(14-5-4-6-15(9-14)21(3,25)26)27-19-16-11-30(22(7-8-22)20(23)24)18(31)10-17(16)28-13(2)29-19/h4-6,9-12,20H,7-8H2,1-3H3,(H,27,28,29)/t12-/m1/s1. The molecular weight excluding hydrogens is 412 g/mol. The van der Waals surface area contributed by atoms with Gasteiger partial charge in [-0.2, -0.15) is 0 Å². The van der Waals surface area contributed by atoms with Crippen molar-refractivity contribution in [3.63, 3.8) is 0 Å². The van der Waals surface area contributed by atoms with E-state index in [4.69, 9.17) is 0 Å². The summed E-state index contributed by atoms with van der Waals surface area (Å²) in [6, 6.07) is 6.87. The van der Waals surface area contributed by atoms with E-state index in [1.807, 2.05) is 0 Å². The number of fused-ring (bicyclic) bond motifs is 1. The fraction of sp³-hybridized carbons (Fsp3) is 0.409. The molecular formula is C22H22F4N4O. The summed E-state index contributed by atoms with van der Waals surface area (Å²) in [5.41, 5.74) is -1.19. The lowest BCUT2D eigenvalue weighted by molar-refractivity contribution is 0.0174. The lowest BCUT2D eigenvalue weighted by Crippen LogP contribution is -2.35. The lowest BCUT2D eigenvalue weighted by Gasteiger charge is -2.21. The average Bonchev–Trinajstić information content (AvgIpc) is 3.48. The number of aryl methyl sites for hydroxylation is 1. The number of benzene rings is 1. The van der Waals surface area contributed by atoms with E-state index in [1.165, 1.54) is 24.4 Å². The first-order valence-corrected chi connectivity index (χ1v) is 9.96. The second-order valence-electron chi connectivity index (χ2n) is 8.18. The normalized spacial score (nSPS) is 16.5. The summed E-state index contributed by atoms with van der Waals surface area (Å²) in [6.45, 7) is 4.27. The third-order valence-electron chi connectivity index (χ3n) is 5.74. The topological polar surface area (TPSA) is 59.8 Å². The molecule has 1 aromatic carbocycles. The second kappa shape index (κ2) is 7.32. The molecule has 0 saturated heterocycles. The van der Waals surface area contributed by atoms with Crippen LogP contribution >= 0.6 is 0 Å². The van der Waals surface area contributed by atoms with Crippen molar-refractivity contribution in [1.29, 1.82) is 0 Å². The van der Waals surface area contributed by atoms with Crippen LogP contribution < -0.4 is 10.9 Å². The minimum atomic E-state index is -2.97. The zero-order valence-corrected chi connectivity index (χ0v) is 17.3. The van der Waals surface area contributed by atoms with E-state index < -0.39 is 29.5 Å². The van der Waals surface area contributed by atoms with Crippen LogP contribution in [0.2, 0.25) is 0 Å². The number of aromatic nitrogens is 3. The minimum absolute atomic E-state index is 0.108. The predicted molar refractivity (Wildman–Crippen MR) is 110 cm³/mol. The summed E-state index contributed by atoms with van der Waals surface area (Å²) in [5, 5.41) is 3.59. The Hall–Kier alpha value is -2.97. The first-order valence-electron chi connectivity index (χ1n) is 9.96. The lowest BCUT2D eigenvalue weighted by atomic mass is 10.0. The number of alkyl halides is 4. The highest BCUT2D eigenvalue weighted by atomic mass is 19.3. The summed E-state index contributed by atoms with van der Waals surface area (Å²) >= 11 is 0. The van der Waals surface area contributed by atoms with E-state index in [9.17, 15) is 22.4 Å². The smallest absolute Gasteiger partial charge is 0.270 e. The summed E-state index contributed by atoms with van der Waals surface area (Å²) in [6.07, 6.45) is -0.843. The fourth-order valence-corrected chi connectivity index (χ4v) is 3.74. The maximum absolute atomic E-state index is 13.7. The number of halogens is 4. The van der Waals surface area contributed by atoms with Gasteiger partial charge in [-0.15, -0.1) is 0 Å². The minimum Gasteiger partial charge on any atom is -0.363 e. The zero-order valence-electron chi connectivity index (χ0n) is 17.3. The number of hydrogen-bond donors (Lipinski definition) is 1. The van der Waals surface area contributed by atoms with E-state index in [0.717, 1.165) is 11.5 Å². The molecule has 1 fully saturated rings. The van der Waals surface area contributed by atoms with Gasteiger partial charge in [0.2, 0.25) is 0 Å². The first-order chi connectivity index (χ1) is 14.5. The van der Waals surface area contributed by atoms with Gasteiger partial charge in [-0.25, -0.2) is 27.5 Å². The summed E-state index contributed by atoms with van der Waals surface area (Å²) in [5.74, 6) is -2.23. The van der Waals surface area contributed by atoms with E-state index >= 15 is 0 Å². The molecule has 0 aliphatic heterocycles. The molecule has 0 bridgehead atoms. The highest BCUT2D eigenvalue weighted by molar-refractivity contribution is 5.88. The van der Waals surface area contributed by atoms with Crippen LogP contribution in [0, 0.1) is 6.92 Å². The van der Waals surface area contributed by atoms with Gasteiger partial charge in [0, 0.05) is 30.8 Å². The van der Waals surface area contributed by atoms with E-state index in [2.05, 4.69) is 15.3 Å². The molecule has 4 rings (SSSR count). The van der Waals surface area contributed by atoms with Crippen LogP contribution in [0.3, 0.4) is 0 Å². The fourth-order valence-electron chi connectivity index (χ4n) is 3.74. The van der Waals surface area contributed by atoms with Gasteiger partial charge in [-0.3, -0.25) is 4.79 Å². The quantitative estimate of drug-likeness (QED) is 0.546. The van der Waals surface area contributed by atoms with Crippen molar-refractivity contribution in [3.8, 4) is 0 Å². The summed E-state index contributed by atoms with van der Waals surface area (Å²) in [7, 11) is 0. The Bertz CT molecular complexity index is 1200. The Balaban J connectivity index is 1.76. The molecule has 164 valence electrons. The maximum atomic E-state index is 13.7. The number of hydrogen-bond acceptors (Lipinski definition) is 4. The van der Waals surface area contributed by atoms with Crippen LogP contribution in [0.1, 0.15) is 49.7 Å². The molecule has 2 heterocycles. The van der Waals surface area contributed by atoms with Gasteiger partial charge in [0.15, 0.2) is 0 Å². The molecule has 1 N–H and O–H groups in total. The maximum Gasteiger partial charge on any atom is 0.270 e. The largest absolute Gasteiger partial charge is 0.363 e. The number of nitrogens with one attached hydrogen (secondary N) is 1. The molecule has 1 atom stereocenters. The van der Waals surface area contributed by atoms with Crippen LogP contribution in [-0.2, 0) is 11.5 Å². The Morgan fingerprint density at radius 3 is 2.52 bits per heavy atom. The summed E-state index contributed by atoms with van der Waals surface area (Å²) in [4.78, 5) is 21.1. The van der Waals surface area contributed by atoms with Crippen LogP contribution in [-0.4, -0.2) is 21.0 Å². The molecule has 0 spiro atoms. The molecule has 0 unspecified atom stereocenters. The van der Waals surface area contributed by atoms with Gasteiger partial charge in [0.25, 0.3) is 17.9 Å². The zero-order chi connectivity index (χ0) is 22.6. The van der Waals surface area contributed by atoms with Crippen LogP contribution in [0.4, 0.5) is 23.4 Å².